The number of piperidine rings is 1. The predicted molar refractivity (Wildman–Crippen MR) is 117 cm³/mol. The van der Waals surface area contributed by atoms with E-state index in [0.29, 0.717) is 25.1 Å². The third-order valence-corrected chi connectivity index (χ3v) is 9.18. The lowest BCUT2D eigenvalue weighted by Gasteiger charge is -2.38. The first-order valence-electron chi connectivity index (χ1n) is 10.6. The zero-order chi connectivity index (χ0) is 21.1. The lowest BCUT2D eigenvalue weighted by molar-refractivity contribution is 0.0985. The molecule has 5 heterocycles. The van der Waals surface area contributed by atoms with Gasteiger partial charge in [-0.15, -0.1) is 11.3 Å². The molecule has 1 fully saturated rings. The largest absolute Gasteiger partial charge is 0.298 e. The van der Waals surface area contributed by atoms with Gasteiger partial charge in [0.25, 0.3) is 5.56 Å². The van der Waals surface area contributed by atoms with Gasteiger partial charge in [-0.05, 0) is 50.4 Å². The Morgan fingerprint density at radius 3 is 2.63 bits per heavy atom. The Morgan fingerprint density at radius 1 is 1.20 bits per heavy atom. The van der Waals surface area contributed by atoms with Gasteiger partial charge < -0.3 is 0 Å². The van der Waals surface area contributed by atoms with Crippen LogP contribution in [0.2, 0.25) is 0 Å². The van der Waals surface area contributed by atoms with Crippen LogP contribution in [0.5, 0.6) is 0 Å². The minimum absolute atomic E-state index is 0.0308. The molecule has 0 radical (unpaired) electrons. The van der Waals surface area contributed by atoms with E-state index in [4.69, 9.17) is 4.98 Å². The number of thiophene rings is 1. The average molecular weight is 449 g/mol. The van der Waals surface area contributed by atoms with Gasteiger partial charge in [-0.25, -0.2) is 13.4 Å². The summed E-state index contributed by atoms with van der Waals surface area (Å²) in [6.45, 7) is 6.52. The molecule has 5 rings (SSSR count). The van der Waals surface area contributed by atoms with Crippen molar-refractivity contribution in [3.8, 4) is 0 Å². The second-order valence-corrected chi connectivity index (χ2v) is 12.5. The number of sulfonamides is 1. The van der Waals surface area contributed by atoms with Crippen LogP contribution < -0.4 is 5.56 Å². The molecule has 0 aromatic carbocycles. The maximum atomic E-state index is 13.2. The topological polar surface area (TPSA) is 75.5 Å². The molecule has 0 saturated carbocycles. The van der Waals surface area contributed by atoms with Crippen molar-refractivity contribution in [3.63, 3.8) is 0 Å². The van der Waals surface area contributed by atoms with Crippen molar-refractivity contribution < 1.29 is 8.42 Å². The highest BCUT2D eigenvalue weighted by atomic mass is 32.2. The second kappa shape index (κ2) is 7.25. The van der Waals surface area contributed by atoms with Gasteiger partial charge in [-0.2, -0.15) is 4.31 Å². The summed E-state index contributed by atoms with van der Waals surface area (Å²) in [6, 6.07) is 4.41. The Labute approximate surface area is 181 Å². The molecular formula is C21H28N4O3S2. The van der Waals surface area contributed by atoms with Crippen LogP contribution in [0.3, 0.4) is 0 Å². The molecule has 1 spiro atoms. The van der Waals surface area contributed by atoms with E-state index >= 15 is 0 Å². The number of nitrogens with zero attached hydrogens (tertiary/aromatic N) is 4. The molecule has 1 saturated heterocycles. The molecule has 162 valence electrons. The summed E-state index contributed by atoms with van der Waals surface area (Å²) in [7, 11) is -3.30. The molecule has 9 heteroatoms. The fourth-order valence-electron chi connectivity index (χ4n) is 5.16. The van der Waals surface area contributed by atoms with Crippen molar-refractivity contribution in [2.75, 3.05) is 25.9 Å². The van der Waals surface area contributed by atoms with Crippen molar-refractivity contribution in [2.45, 2.75) is 52.2 Å². The molecule has 0 bridgehead atoms. The minimum atomic E-state index is -3.30. The Kier molecular flexibility index (Phi) is 4.92. The van der Waals surface area contributed by atoms with Crippen LogP contribution in [0, 0.1) is 12.3 Å². The maximum Gasteiger partial charge on any atom is 0.258 e. The van der Waals surface area contributed by atoms with Crippen LogP contribution in [-0.4, -0.2) is 53.1 Å². The van der Waals surface area contributed by atoms with Gasteiger partial charge in [0.05, 0.1) is 17.5 Å². The van der Waals surface area contributed by atoms with Crippen molar-refractivity contribution in [1.29, 1.82) is 0 Å². The van der Waals surface area contributed by atoms with Gasteiger partial charge in [0.15, 0.2) is 0 Å². The molecule has 2 aromatic heterocycles. The Morgan fingerprint density at radius 2 is 1.97 bits per heavy atom. The van der Waals surface area contributed by atoms with E-state index in [1.165, 1.54) is 20.3 Å². The number of aryl methyl sites for hydroxylation is 1. The Balaban J connectivity index is 1.32. The number of likely N-dealkylation sites (tertiary alicyclic amines) is 1. The summed E-state index contributed by atoms with van der Waals surface area (Å²) in [5.74, 6) is 0.897. The van der Waals surface area contributed by atoms with Crippen LogP contribution in [0.4, 0.5) is 0 Å². The zero-order valence-corrected chi connectivity index (χ0v) is 19.2. The van der Waals surface area contributed by atoms with E-state index < -0.39 is 10.0 Å². The van der Waals surface area contributed by atoms with Gasteiger partial charge in [0.2, 0.25) is 10.0 Å². The first kappa shape index (κ1) is 20.4. The third kappa shape index (κ3) is 3.66. The van der Waals surface area contributed by atoms with E-state index in [2.05, 4.69) is 24.0 Å². The second-order valence-electron chi connectivity index (χ2n) is 9.16. The number of hydrogen-bond acceptors (Lipinski definition) is 6. The van der Waals surface area contributed by atoms with Crippen molar-refractivity contribution in [3.05, 3.63) is 49.3 Å². The molecule has 0 amide bonds. The van der Waals surface area contributed by atoms with Gasteiger partial charge in [0, 0.05) is 48.8 Å². The van der Waals surface area contributed by atoms with Crippen molar-refractivity contribution in [1.82, 2.24) is 18.8 Å². The molecule has 2 aromatic rings. The van der Waals surface area contributed by atoms with Crippen LogP contribution in [0.1, 0.15) is 39.7 Å². The van der Waals surface area contributed by atoms with Crippen molar-refractivity contribution >= 4 is 21.4 Å². The summed E-state index contributed by atoms with van der Waals surface area (Å²) >= 11 is 1.87. The van der Waals surface area contributed by atoms with Gasteiger partial charge >= 0.3 is 0 Å². The van der Waals surface area contributed by atoms with Crippen molar-refractivity contribution in [2.24, 2.45) is 5.41 Å². The summed E-state index contributed by atoms with van der Waals surface area (Å²) in [5.41, 5.74) is 1.45. The van der Waals surface area contributed by atoms with Crippen LogP contribution >= 0.6 is 11.3 Å². The molecule has 30 heavy (non-hydrogen) atoms. The smallest absolute Gasteiger partial charge is 0.258 e. The van der Waals surface area contributed by atoms with Crippen LogP contribution in [0.25, 0.3) is 0 Å². The fraction of sp³-hybridized carbons (Fsp3) is 0.619. The first-order chi connectivity index (χ1) is 14.2. The SMILES string of the molecule is Cc1ccc(CN2CCC3(CC2)Cc2nc4c(c(=O)n2C3)CN(S(C)(=O)=O)CC4)s1. The molecule has 3 aliphatic rings. The summed E-state index contributed by atoms with van der Waals surface area (Å²) in [5, 5.41) is 0. The van der Waals surface area contributed by atoms with Crippen LogP contribution in [0.15, 0.2) is 16.9 Å². The van der Waals surface area contributed by atoms with Gasteiger partial charge in [-0.3, -0.25) is 14.3 Å². The molecule has 7 nitrogen and oxygen atoms in total. The third-order valence-electron chi connectivity index (χ3n) is 6.95. The molecule has 0 unspecified atom stereocenters. The maximum absolute atomic E-state index is 13.2. The lowest BCUT2D eigenvalue weighted by Crippen LogP contribution is -2.42. The van der Waals surface area contributed by atoms with Gasteiger partial charge in [-0.1, -0.05) is 0 Å². The summed E-state index contributed by atoms with van der Waals surface area (Å²) in [6.07, 6.45) is 4.72. The minimum Gasteiger partial charge on any atom is -0.298 e. The highest BCUT2D eigenvalue weighted by Crippen LogP contribution is 2.41. The molecule has 0 N–H and O–H groups in total. The zero-order valence-electron chi connectivity index (χ0n) is 17.6. The van der Waals surface area contributed by atoms with E-state index in [-0.39, 0.29) is 17.5 Å². The summed E-state index contributed by atoms with van der Waals surface area (Å²) in [4.78, 5) is 23.3. The molecular weight excluding hydrogens is 420 g/mol. The van der Waals surface area contributed by atoms with E-state index in [1.807, 2.05) is 15.9 Å². The predicted octanol–water partition coefficient (Wildman–Crippen LogP) is 1.77. The van der Waals surface area contributed by atoms with E-state index in [0.717, 1.165) is 50.4 Å². The molecule has 0 atom stereocenters. The van der Waals surface area contributed by atoms with E-state index in [1.54, 1.807) is 0 Å². The Hall–Kier alpha value is -1.55. The van der Waals surface area contributed by atoms with Crippen LogP contribution in [-0.2, 0) is 42.5 Å². The van der Waals surface area contributed by atoms with Gasteiger partial charge in [0.1, 0.15) is 5.82 Å². The standard InChI is InChI=1S/C21H28N4O3S2/c1-15-3-4-16(29-15)12-23-9-6-21(7-10-23)11-19-22-18-5-8-24(30(2,27)28)13-17(18)20(26)25(19)14-21/h3-4H,5-14H2,1-2H3. The number of fused-ring (bicyclic) bond motifs is 2. The monoisotopic (exact) mass is 448 g/mol. The molecule has 3 aliphatic heterocycles. The van der Waals surface area contributed by atoms with E-state index in [9.17, 15) is 13.2 Å². The first-order valence-corrected chi connectivity index (χ1v) is 13.2. The number of aromatic nitrogens is 2. The summed E-state index contributed by atoms with van der Waals surface area (Å²) < 4.78 is 27.1. The Bertz CT molecular complexity index is 1140. The normalized spacial score (nSPS) is 21.7. The number of hydrogen-bond donors (Lipinski definition) is 0. The fourth-order valence-corrected chi connectivity index (χ4v) is 6.88. The average Bonchev–Trinajstić information content (AvgIpc) is 3.26. The number of rotatable bonds is 3. The molecule has 0 aliphatic carbocycles. The lowest BCUT2D eigenvalue weighted by atomic mass is 9.77. The highest BCUT2D eigenvalue weighted by Gasteiger charge is 2.42. The highest BCUT2D eigenvalue weighted by molar-refractivity contribution is 7.88. The quantitative estimate of drug-likeness (QED) is 0.715.